The summed E-state index contributed by atoms with van der Waals surface area (Å²) in [7, 11) is 0. The normalized spacial score (nSPS) is 13.2. The van der Waals surface area contributed by atoms with E-state index in [0.29, 0.717) is 0 Å². The number of pyridine rings is 2. The molecule has 2 aliphatic heterocycles. The van der Waals surface area contributed by atoms with Gasteiger partial charge < -0.3 is 0 Å². The molecule has 2 aliphatic rings. The summed E-state index contributed by atoms with van der Waals surface area (Å²) in [5.41, 5.74) is 13.4. The van der Waals surface area contributed by atoms with Crippen molar-refractivity contribution in [2.24, 2.45) is 0 Å². The molecule has 0 saturated heterocycles. The lowest BCUT2D eigenvalue weighted by Crippen LogP contribution is -2.59. The highest BCUT2D eigenvalue weighted by Gasteiger charge is 2.43. The second kappa shape index (κ2) is 8.07. The minimum Gasteiger partial charge on any atom is -0.292 e. The van der Waals surface area contributed by atoms with Crippen molar-refractivity contribution in [3.63, 3.8) is 0 Å². The van der Waals surface area contributed by atoms with E-state index < -0.39 is 0 Å². The van der Waals surface area contributed by atoms with Crippen molar-refractivity contribution in [3.8, 4) is 0 Å². The molecule has 37 heavy (non-hydrogen) atoms. The number of aromatic nitrogens is 2. The first kappa shape index (κ1) is 21.9. The van der Waals surface area contributed by atoms with Gasteiger partial charge in [-0.25, -0.2) is 9.97 Å². The predicted molar refractivity (Wildman–Crippen MR) is 155 cm³/mol. The fourth-order valence-corrected chi connectivity index (χ4v) is 6.13. The number of anilines is 6. The van der Waals surface area contributed by atoms with E-state index in [1.54, 1.807) is 0 Å². The molecule has 0 spiro atoms. The minimum absolute atomic E-state index is 0.0908. The van der Waals surface area contributed by atoms with E-state index in [2.05, 4.69) is 110 Å². The zero-order chi connectivity index (χ0) is 25.3. The van der Waals surface area contributed by atoms with Gasteiger partial charge in [0.25, 0.3) is 0 Å². The second-order valence-corrected chi connectivity index (χ2v) is 10.2. The van der Waals surface area contributed by atoms with Gasteiger partial charge in [0.15, 0.2) is 0 Å². The molecule has 0 radical (unpaired) electrons. The standard InChI is InChI=1S/C32H27BN4/c1-20-12-13-24(23(4)18-20)33-25-8-7-11-28-31(25)37(32-30(33)22(3)15-17-35-32)27-10-6-5-9-26(27)36(28)29-19-21(2)14-16-34-29/h5-19H,1-4H3. The van der Waals surface area contributed by atoms with Crippen LogP contribution in [-0.4, -0.2) is 16.7 Å². The lowest BCUT2D eigenvalue weighted by molar-refractivity contribution is 1.10. The minimum atomic E-state index is 0.0908. The van der Waals surface area contributed by atoms with Crippen LogP contribution in [0.4, 0.5) is 34.4 Å². The molecule has 4 heterocycles. The maximum absolute atomic E-state index is 5.03. The fourth-order valence-electron chi connectivity index (χ4n) is 6.13. The summed E-state index contributed by atoms with van der Waals surface area (Å²) < 4.78 is 0. The van der Waals surface area contributed by atoms with Crippen LogP contribution in [0.15, 0.2) is 91.3 Å². The number of aryl methyl sites for hydroxylation is 4. The van der Waals surface area contributed by atoms with Crippen LogP contribution in [0.25, 0.3) is 0 Å². The van der Waals surface area contributed by atoms with Crippen molar-refractivity contribution in [3.05, 3.63) is 114 Å². The van der Waals surface area contributed by atoms with Crippen LogP contribution in [0, 0.1) is 27.7 Å². The Bertz CT molecular complexity index is 1710. The summed E-state index contributed by atoms with van der Waals surface area (Å²) >= 11 is 0. The Morgan fingerprint density at radius 3 is 2.11 bits per heavy atom. The zero-order valence-electron chi connectivity index (χ0n) is 21.5. The topological polar surface area (TPSA) is 32.3 Å². The predicted octanol–water partition coefficient (Wildman–Crippen LogP) is 5.79. The van der Waals surface area contributed by atoms with Crippen LogP contribution >= 0.6 is 0 Å². The van der Waals surface area contributed by atoms with Crippen molar-refractivity contribution in [2.75, 3.05) is 9.80 Å². The molecular formula is C32H27BN4. The van der Waals surface area contributed by atoms with Crippen molar-refractivity contribution in [1.82, 2.24) is 9.97 Å². The highest BCUT2D eigenvalue weighted by molar-refractivity contribution is 6.98. The molecule has 0 saturated carbocycles. The van der Waals surface area contributed by atoms with Gasteiger partial charge in [-0.05, 0) is 80.6 Å². The van der Waals surface area contributed by atoms with Crippen LogP contribution in [0.2, 0.25) is 0 Å². The number of hydrogen-bond acceptors (Lipinski definition) is 4. The smallest absolute Gasteiger partial charge is 0.249 e. The van der Waals surface area contributed by atoms with Crippen LogP contribution in [0.1, 0.15) is 22.3 Å². The molecular weight excluding hydrogens is 451 g/mol. The van der Waals surface area contributed by atoms with Gasteiger partial charge in [-0.15, -0.1) is 0 Å². The molecule has 5 heteroatoms. The van der Waals surface area contributed by atoms with Gasteiger partial charge in [0.2, 0.25) is 6.71 Å². The van der Waals surface area contributed by atoms with Crippen LogP contribution in [0.3, 0.4) is 0 Å². The molecule has 4 nitrogen and oxygen atoms in total. The van der Waals surface area contributed by atoms with Crippen LogP contribution < -0.4 is 26.2 Å². The molecule has 3 aromatic carbocycles. The van der Waals surface area contributed by atoms with Crippen molar-refractivity contribution in [2.45, 2.75) is 27.7 Å². The SMILES string of the molecule is Cc1ccnc(N2c3ccccc3N3c4nccc(C)c4B(c4ccc(C)cc4C)c4cccc2c43)c1. The van der Waals surface area contributed by atoms with Crippen LogP contribution in [-0.2, 0) is 0 Å². The Morgan fingerprint density at radius 2 is 1.32 bits per heavy atom. The van der Waals surface area contributed by atoms with E-state index >= 15 is 0 Å². The zero-order valence-corrected chi connectivity index (χ0v) is 21.5. The van der Waals surface area contributed by atoms with E-state index in [0.717, 1.165) is 28.7 Å². The Balaban J connectivity index is 1.59. The third-order valence-electron chi connectivity index (χ3n) is 7.74. The quantitative estimate of drug-likeness (QED) is 0.295. The molecule has 0 N–H and O–H groups in total. The molecule has 5 aromatic rings. The van der Waals surface area contributed by atoms with Gasteiger partial charge in [0.05, 0.1) is 22.7 Å². The maximum Gasteiger partial charge on any atom is 0.249 e. The van der Waals surface area contributed by atoms with Crippen molar-refractivity contribution >= 4 is 57.5 Å². The summed E-state index contributed by atoms with van der Waals surface area (Å²) in [6, 6.07) is 28.5. The van der Waals surface area contributed by atoms with Gasteiger partial charge in [0.1, 0.15) is 11.6 Å². The van der Waals surface area contributed by atoms with Gasteiger partial charge in [-0.3, -0.25) is 9.80 Å². The average Bonchev–Trinajstić information content (AvgIpc) is 2.89. The number of hydrogen-bond donors (Lipinski definition) is 0. The first-order valence-corrected chi connectivity index (χ1v) is 12.8. The maximum atomic E-state index is 5.03. The first-order chi connectivity index (χ1) is 18.0. The Morgan fingerprint density at radius 1 is 0.595 bits per heavy atom. The van der Waals surface area contributed by atoms with E-state index in [-0.39, 0.29) is 6.71 Å². The highest BCUT2D eigenvalue weighted by atomic mass is 15.3. The third-order valence-corrected chi connectivity index (χ3v) is 7.74. The molecule has 0 aliphatic carbocycles. The molecule has 0 unspecified atom stereocenters. The second-order valence-electron chi connectivity index (χ2n) is 10.2. The average molecular weight is 478 g/mol. The third kappa shape index (κ3) is 3.17. The fraction of sp³-hybridized carbons (Fsp3) is 0.125. The molecule has 0 bridgehead atoms. The van der Waals surface area contributed by atoms with Crippen molar-refractivity contribution < 1.29 is 0 Å². The van der Waals surface area contributed by atoms with Gasteiger partial charge in [0, 0.05) is 12.4 Å². The molecule has 7 rings (SSSR count). The van der Waals surface area contributed by atoms with Gasteiger partial charge in [-0.2, -0.15) is 0 Å². The summed E-state index contributed by atoms with van der Waals surface area (Å²) in [6.07, 6.45) is 3.84. The van der Waals surface area contributed by atoms with E-state index in [9.17, 15) is 0 Å². The molecule has 0 fully saturated rings. The summed E-state index contributed by atoms with van der Waals surface area (Å²) in [5, 5.41) is 0. The number of rotatable bonds is 2. The largest absolute Gasteiger partial charge is 0.292 e. The molecule has 0 atom stereocenters. The van der Waals surface area contributed by atoms with Crippen LogP contribution in [0.5, 0.6) is 0 Å². The Hall–Kier alpha value is -4.38. The van der Waals surface area contributed by atoms with E-state index in [4.69, 9.17) is 9.97 Å². The summed E-state index contributed by atoms with van der Waals surface area (Å²) in [4.78, 5) is 14.5. The lowest BCUT2D eigenvalue weighted by atomic mass is 9.34. The molecule has 2 aromatic heterocycles. The van der Waals surface area contributed by atoms with Gasteiger partial charge >= 0.3 is 0 Å². The summed E-state index contributed by atoms with van der Waals surface area (Å²) in [5.74, 6) is 1.93. The molecule has 178 valence electrons. The number of para-hydroxylation sites is 3. The number of fused-ring (bicyclic) bond motifs is 4. The summed E-state index contributed by atoms with van der Waals surface area (Å²) in [6.45, 7) is 8.81. The first-order valence-electron chi connectivity index (χ1n) is 12.8. The van der Waals surface area contributed by atoms with Gasteiger partial charge in [-0.1, -0.05) is 64.6 Å². The van der Waals surface area contributed by atoms with E-state index in [1.165, 1.54) is 44.3 Å². The number of benzene rings is 3. The van der Waals surface area contributed by atoms with E-state index in [1.807, 2.05) is 18.5 Å². The molecule has 0 amide bonds. The Kier molecular flexibility index (Phi) is 4.77. The monoisotopic (exact) mass is 478 g/mol. The number of nitrogens with zero attached hydrogens (tertiary/aromatic N) is 4. The lowest BCUT2D eigenvalue weighted by Gasteiger charge is -2.44. The van der Waals surface area contributed by atoms with Crippen molar-refractivity contribution in [1.29, 1.82) is 0 Å². The Labute approximate surface area is 218 Å². The highest BCUT2D eigenvalue weighted by Crippen LogP contribution is 2.53.